The molecule has 18 heavy (non-hydrogen) atoms. The number of hydrogen-bond acceptors (Lipinski definition) is 3. The Labute approximate surface area is 109 Å². The largest absolute Gasteiger partial charge is 0.384 e. The molecule has 1 amide bonds. The van der Waals surface area contributed by atoms with E-state index in [-0.39, 0.29) is 5.91 Å². The summed E-state index contributed by atoms with van der Waals surface area (Å²) >= 11 is 5.88. The lowest BCUT2D eigenvalue weighted by Crippen LogP contribution is -2.25. The Kier molecular flexibility index (Phi) is 3.57. The van der Waals surface area contributed by atoms with E-state index in [9.17, 15) is 4.79 Å². The number of carbonyl (C=O) groups excluding carboxylic acids is 1. The first-order valence-corrected chi connectivity index (χ1v) is 5.91. The zero-order valence-electron chi connectivity index (χ0n) is 9.90. The first-order chi connectivity index (χ1) is 8.61. The minimum atomic E-state index is -0.190. The zero-order chi connectivity index (χ0) is 13.1. The average Bonchev–Trinajstić information content (AvgIpc) is 2.92. The summed E-state index contributed by atoms with van der Waals surface area (Å²) in [4.78, 5) is 12.0. The number of nitrogen functional groups attached to an aromatic ring is 1. The highest BCUT2D eigenvalue weighted by molar-refractivity contribution is 6.31. The highest BCUT2D eigenvalue weighted by Crippen LogP contribution is 2.14. The summed E-state index contributed by atoms with van der Waals surface area (Å²) in [5.74, 6) is 0.267. The zero-order valence-corrected chi connectivity index (χ0v) is 10.7. The number of halogens is 1. The van der Waals surface area contributed by atoms with Crippen LogP contribution < -0.4 is 11.1 Å². The van der Waals surface area contributed by atoms with Crippen LogP contribution in [0.1, 0.15) is 23.0 Å². The first kappa shape index (κ1) is 12.5. The fraction of sp³-hybridized carbons (Fsp3) is 0.273. The third-order valence-corrected chi connectivity index (χ3v) is 2.83. The number of rotatable bonds is 4. The third-order valence-electron chi connectivity index (χ3n) is 2.63. The van der Waals surface area contributed by atoms with Crippen LogP contribution in [0.25, 0.3) is 0 Å². The Bertz CT molecular complexity index is 560. The van der Waals surface area contributed by atoms with Crippen LogP contribution >= 0.6 is 11.6 Å². The van der Waals surface area contributed by atoms with Gasteiger partial charge in [0.2, 0.25) is 0 Å². The quantitative estimate of drug-likeness (QED) is 0.782. The molecular weight excluding hydrogens is 254 g/mol. The number of hydrogen-bond donors (Lipinski definition) is 3. The van der Waals surface area contributed by atoms with E-state index in [1.807, 2.05) is 6.92 Å². The predicted octanol–water partition coefficient (Wildman–Crippen LogP) is 1.40. The molecule has 0 saturated heterocycles. The summed E-state index contributed by atoms with van der Waals surface area (Å²) in [6.07, 6.45) is 3.31. The molecule has 0 bridgehead atoms. The number of H-pyrrole nitrogens is 1. The Morgan fingerprint density at radius 1 is 1.67 bits per heavy atom. The lowest BCUT2D eigenvalue weighted by Gasteiger charge is -2.07. The van der Waals surface area contributed by atoms with Crippen LogP contribution in [-0.4, -0.2) is 20.7 Å². The van der Waals surface area contributed by atoms with Gasteiger partial charge in [0, 0.05) is 24.8 Å². The van der Waals surface area contributed by atoms with Crippen molar-refractivity contribution < 1.29 is 4.79 Å². The van der Waals surface area contributed by atoms with Gasteiger partial charge < -0.3 is 15.6 Å². The summed E-state index contributed by atoms with van der Waals surface area (Å²) in [7, 11) is 0. The predicted molar refractivity (Wildman–Crippen MR) is 69.3 cm³/mol. The Balaban J connectivity index is 2.06. The molecular formula is C11H14ClN5O. The number of nitrogens with zero attached hydrogens (tertiary/aromatic N) is 2. The molecule has 0 unspecified atom stereocenters. The summed E-state index contributed by atoms with van der Waals surface area (Å²) < 4.78 is 1.79. The molecule has 2 aromatic rings. The maximum Gasteiger partial charge on any atom is 0.268 e. The van der Waals surface area contributed by atoms with Crippen LogP contribution in [-0.2, 0) is 13.1 Å². The molecule has 0 aromatic carbocycles. The second-order valence-corrected chi connectivity index (χ2v) is 4.26. The molecule has 0 aliphatic carbocycles. The molecule has 2 heterocycles. The van der Waals surface area contributed by atoms with E-state index in [4.69, 9.17) is 17.3 Å². The van der Waals surface area contributed by atoms with Gasteiger partial charge in [0.05, 0.1) is 11.2 Å². The van der Waals surface area contributed by atoms with Gasteiger partial charge in [0.1, 0.15) is 11.5 Å². The molecule has 0 spiro atoms. The van der Waals surface area contributed by atoms with E-state index in [1.54, 1.807) is 23.0 Å². The van der Waals surface area contributed by atoms with Crippen LogP contribution in [0.4, 0.5) is 5.82 Å². The van der Waals surface area contributed by atoms with Gasteiger partial charge in [-0.05, 0) is 13.0 Å². The topological polar surface area (TPSA) is 88.7 Å². The van der Waals surface area contributed by atoms with Gasteiger partial charge in [0.25, 0.3) is 5.91 Å². The van der Waals surface area contributed by atoms with Crippen molar-refractivity contribution in [3.63, 3.8) is 0 Å². The van der Waals surface area contributed by atoms with E-state index >= 15 is 0 Å². The second-order valence-electron chi connectivity index (χ2n) is 3.82. The fourth-order valence-electron chi connectivity index (χ4n) is 1.65. The van der Waals surface area contributed by atoms with Crippen molar-refractivity contribution in [2.45, 2.75) is 20.0 Å². The van der Waals surface area contributed by atoms with Crippen molar-refractivity contribution in [1.82, 2.24) is 20.1 Å². The van der Waals surface area contributed by atoms with E-state index in [0.717, 1.165) is 5.56 Å². The molecule has 0 saturated carbocycles. The lowest BCUT2D eigenvalue weighted by atomic mass is 10.3. The van der Waals surface area contributed by atoms with Crippen molar-refractivity contribution in [2.75, 3.05) is 5.73 Å². The average molecular weight is 268 g/mol. The molecule has 96 valence electrons. The number of anilines is 1. The van der Waals surface area contributed by atoms with Crippen molar-refractivity contribution in [3.8, 4) is 0 Å². The van der Waals surface area contributed by atoms with Crippen LogP contribution in [0, 0.1) is 0 Å². The van der Waals surface area contributed by atoms with Gasteiger partial charge >= 0.3 is 0 Å². The molecule has 6 nitrogen and oxygen atoms in total. The fourth-order valence-corrected chi connectivity index (χ4v) is 1.88. The number of nitrogens with two attached hydrogens (primary N) is 1. The highest BCUT2D eigenvalue weighted by atomic mass is 35.5. The van der Waals surface area contributed by atoms with Gasteiger partial charge in [-0.2, -0.15) is 5.10 Å². The number of aromatic amines is 1. The molecule has 2 rings (SSSR count). The smallest absolute Gasteiger partial charge is 0.268 e. The summed E-state index contributed by atoms with van der Waals surface area (Å²) in [5.41, 5.74) is 6.92. The molecule has 0 atom stereocenters. The minimum absolute atomic E-state index is 0.190. The summed E-state index contributed by atoms with van der Waals surface area (Å²) in [6, 6.07) is 1.64. The molecule has 0 fully saturated rings. The standard InChI is InChI=1S/C11H14ClN5O/c1-2-17-6-8(12)3-9(17)11(18)14-4-7-5-15-16-10(7)13/h3,5-6H,2,4H2,1H3,(H,14,18)(H3,13,15,16). The molecule has 0 radical (unpaired) electrons. The van der Waals surface area contributed by atoms with E-state index in [0.29, 0.717) is 29.6 Å². The summed E-state index contributed by atoms with van der Waals surface area (Å²) in [6.45, 7) is 2.96. The number of aromatic nitrogens is 3. The monoisotopic (exact) mass is 267 g/mol. The van der Waals surface area contributed by atoms with Gasteiger partial charge in [0.15, 0.2) is 0 Å². The normalized spacial score (nSPS) is 10.6. The Hall–Kier alpha value is -1.95. The van der Waals surface area contributed by atoms with Gasteiger partial charge in [-0.1, -0.05) is 11.6 Å². The Morgan fingerprint density at radius 3 is 3.06 bits per heavy atom. The van der Waals surface area contributed by atoms with Gasteiger partial charge in [-0.25, -0.2) is 0 Å². The molecule has 0 aliphatic heterocycles. The first-order valence-electron chi connectivity index (χ1n) is 5.53. The maximum absolute atomic E-state index is 12.0. The van der Waals surface area contributed by atoms with Crippen molar-refractivity contribution in [3.05, 3.63) is 34.7 Å². The third kappa shape index (κ3) is 2.48. The van der Waals surface area contributed by atoms with Crippen molar-refractivity contribution in [2.24, 2.45) is 0 Å². The molecule has 4 N–H and O–H groups in total. The molecule has 2 aromatic heterocycles. The molecule has 0 aliphatic rings. The number of carbonyl (C=O) groups is 1. The second kappa shape index (κ2) is 5.14. The van der Waals surface area contributed by atoms with Gasteiger partial charge in [-0.3, -0.25) is 9.89 Å². The van der Waals surface area contributed by atoms with Crippen molar-refractivity contribution >= 4 is 23.3 Å². The van der Waals surface area contributed by atoms with Crippen LogP contribution in [0.2, 0.25) is 5.02 Å². The van der Waals surface area contributed by atoms with E-state index in [1.165, 1.54) is 0 Å². The number of amides is 1. The van der Waals surface area contributed by atoms with Crippen LogP contribution in [0.3, 0.4) is 0 Å². The molecule has 7 heteroatoms. The van der Waals surface area contributed by atoms with E-state index in [2.05, 4.69) is 15.5 Å². The SMILES string of the molecule is CCn1cc(Cl)cc1C(=O)NCc1cn[nH]c1N. The van der Waals surface area contributed by atoms with Crippen LogP contribution in [0.15, 0.2) is 18.5 Å². The number of nitrogens with one attached hydrogen (secondary N) is 2. The lowest BCUT2D eigenvalue weighted by molar-refractivity contribution is 0.0942. The maximum atomic E-state index is 12.0. The Morgan fingerprint density at radius 2 is 2.44 bits per heavy atom. The highest BCUT2D eigenvalue weighted by Gasteiger charge is 2.12. The van der Waals surface area contributed by atoms with E-state index < -0.39 is 0 Å². The van der Waals surface area contributed by atoms with Crippen LogP contribution in [0.5, 0.6) is 0 Å². The van der Waals surface area contributed by atoms with Crippen molar-refractivity contribution in [1.29, 1.82) is 0 Å². The minimum Gasteiger partial charge on any atom is -0.384 e. The van der Waals surface area contributed by atoms with Gasteiger partial charge in [-0.15, -0.1) is 0 Å². The summed E-state index contributed by atoms with van der Waals surface area (Å²) in [5, 5.41) is 9.71. The number of aryl methyl sites for hydroxylation is 1.